The van der Waals surface area contributed by atoms with Crippen molar-refractivity contribution in [2.45, 2.75) is 90.6 Å². The number of nitrogens with two attached hydrogens (primary N) is 1. The van der Waals surface area contributed by atoms with E-state index in [9.17, 15) is 5.11 Å². The number of aliphatic hydroxyl groups is 1. The molecule has 4 heteroatoms. The first kappa shape index (κ1) is 18.1. The van der Waals surface area contributed by atoms with Crippen molar-refractivity contribution in [2.24, 2.45) is 17.1 Å². The van der Waals surface area contributed by atoms with E-state index in [-0.39, 0.29) is 17.6 Å². The zero-order valence-corrected chi connectivity index (χ0v) is 15.2. The zero-order valence-electron chi connectivity index (χ0n) is 14.1. The third-order valence-corrected chi connectivity index (χ3v) is 5.19. The van der Waals surface area contributed by atoms with Gasteiger partial charge in [-0.25, -0.2) is 0 Å². The summed E-state index contributed by atoms with van der Waals surface area (Å²) in [4.78, 5) is 0. The molecule has 0 spiro atoms. The highest BCUT2D eigenvalue weighted by molar-refractivity contribution is 6.48. The molecule has 3 atom stereocenters. The van der Waals surface area contributed by atoms with Crippen LogP contribution in [-0.2, 0) is 4.43 Å². The molecule has 0 radical (unpaired) electrons. The first-order chi connectivity index (χ1) is 9.21. The quantitative estimate of drug-likeness (QED) is 0.741. The van der Waals surface area contributed by atoms with Crippen LogP contribution in [0.5, 0.6) is 0 Å². The van der Waals surface area contributed by atoms with Crippen LogP contribution in [0.1, 0.15) is 59.3 Å². The molecule has 0 saturated heterocycles. The topological polar surface area (TPSA) is 55.5 Å². The standard InChI is InChI=1S/C16H35NO2Si/c1-16(2,3)15(19-20(4)5)14(18)13(17)11-12-9-7-6-8-10-12/h12-15,18,20H,6-11,17H2,1-5H3. The van der Waals surface area contributed by atoms with Gasteiger partial charge in [0, 0.05) is 6.04 Å². The SMILES string of the molecule is C[SiH](C)OC(C(O)C(N)CC1CCCCC1)C(C)(C)C. The predicted octanol–water partition coefficient (Wildman–Crippen LogP) is 3.06. The van der Waals surface area contributed by atoms with Crippen LogP contribution in [-0.4, -0.2) is 32.4 Å². The van der Waals surface area contributed by atoms with Gasteiger partial charge in [0.1, 0.15) is 0 Å². The summed E-state index contributed by atoms with van der Waals surface area (Å²) in [7, 11) is -1.19. The minimum Gasteiger partial charge on any atom is -0.414 e. The van der Waals surface area contributed by atoms with Crippen molar-refractivity contribution in [3.8, 4) is 0 Å². The average Bonchev–Trinajstić information content (AvgIpc) is 2.34. The van der Waals surface area contributed by atoms with Crippen LogP contribution in [0.25, 0.3) is 0 Å². The largest absolute Gasteiger partial charge is 0.414 e. The van der Waals surface area contributed by atoms with Gasteiger partial charge in [-0.2, -0.15) is 0 Å². The number of hydrogen-bond donors (Lipinski definition) is 2. The molecule has 120 valence electrons. The van der Waals surface area contributed by atoms with E-state index in [1.165, 1.54) is 32.1 Å². The molecule has 1 saturated carbocycles. The van der Waals surface area contributed by atoms with Crippen LogP contribution >= 0.6 is 0 Å². The van der Waals surface area contributed by atoms with Gasteiger partial charge in [0.2, 0.25) is 0 Å². The van der Waals surface area contributed by atoms with E-state index in [4.69, 9.17) is 10.2 Å². The normalized spacial score (nSPS) is 22.8. The Hall–Kier alpha value is 0.0969. The number of rotatable bonds is 6. The summed E-state index contributed by atoms with van der Waals surface area (Å²) in [6.07, 6.45) is 6.81. The molecule has 3 unspecified atom stereocenters. The van der Waals surface area contributed by atoms with E-state index in [1.54, 1.807) is 0 Å². The third kappa shape index (κ3) is 5.84. The van der Waals surface area contributed by atoms with Crippen LogP contribution < -0.4 is 5.73 Å². The summed E-state index contributed by atoms with van der Waals surface area (Å²) >= 11 is 0. The smallest absolute Gasteiger partial charge is 0.171 e. The molecule has 0 bridgehead atoms. The van der Waals surface area contributed by atoms with Crippen molar-refractivity contribution in [1.29, 1.82) is 0 Å². The monoisotopic (exact) mass is 301 g/mol. The molecule has 3 N–H and O–H groups in total. The van der Waals surface area contributed by atoms with Crippen LogP contribution in [0.3, 0.4) is 0 Å². The molecule has 1 rings (SSSR count). The number of hydrogen-bond acceptors (Lipinski definition) is 3. The molecule has 3 nitrogen and oxygen atoms in total. The molecule has 1 aliphatic rings. The van der Waals surface area contributed by atoms with Crippen molar-refractivity contribution < 1.29 is 9.53 Å². The second-order valence-corrected chi connectivity index (χ2v) is 10.2. The summed E-state index contributed by atoms with van der Waals surface area (Å²) in [6.45, 7) is 10.7. The zero-order chi connectivity index (χ0) is 15.3. The molecule has 0 aliphatic heterocycles. The second kappa shape index (κ2) is 7.92. The van der Waals surface area contributed by atoms with Crippen molar-refractivity contribution in [3.05, 3.63) is 0 Å². The molecule has 0 heterocycles. The van der Waals surface area contributed by atoms with Crippen molar-refractivity contribution in [2.75, 3.05) is 0 Å². The van der Waals surface area contributed by atoms with Gasteiger partial charge in [-0.1, -0.05) is 52.9 Å². The van der Waals surface area contributed by atoms with Gasteiger partial charge in [0.15, 0.2) is 9.04 Å². The average molecular weight is 302 g/mol. The molecule has 0 aromatic rings. The summed E-state index contributed by atoms with van der Waals surface area (Å²) in [5, 5.41) is 10.7. The minimum absolute atomic E-state index is 0.0686. The lowest BCUT2D eigenvalue weighted by molar-refractivity contribution is -0.0437. The van der Waals surface area contributed by atoms with E-state index in [1.807, 2.05) is 0 Å². The minimum atomic E-state index is -1.19. The molecule has 20 heavy (non-hydrogen) atoms. The van der Waals surface area contributed by atoms with Crippen molar-refractivity contribution in [1.82, 2.24) is 0 Å². The highest BCUT2D eigenvalue weighted by Crippen LogP contribution is 2.31. The third-order valence-electron chi connectivity index (χ3n) is 4.35. The van der Waals surface area contributed by atoms with Gasteiger partial charge in [-0.3, -0.25) is 0 Å². The van der Waals surface area contributed by atoms with Gasteiger partial charge in [-0.15, -0.1) is 0 Å². The summed E-state index contributed by atoms with van der Waals surface area (Å²) < 4.78 is 6.10. The van der Waals surface area contributed by atoms with Crippen molar-refractivity contribution in [3.63, 3.8) is 0 Å². The molecular formula is C16H35NO2Si. The molecule has 1 aliphatic carbocycles. The van der Waals surface area contributed by atoms with Crippen LogP contribution in [0.4, 0.5) is 0 Å². The maximum atomic E-state index is 10.7. The Morgan fingerprint density at radius 1 is 1.20 bits per heavy atom. The summed E-state index contributed by atoms with van der Waals surface area (Å²) in [5.74, 6) is 0.699. The van der Waals surface area contributed by atoms with E-state index >= 15 is 0 Å². The second-order valence-electron chi connectivity index (χ2n) is 7.87. The maximum Gasteiger partial charge on any atom is 0.171 e. The molecule has 1 fully saturated rings. The van der Waals surface area contributed by atoms with E-state index in [2.05, 4.69) is 33.9 Å². The summed E-state index contributed by atoms with van der Waals surface area (Å²) in [6, 6.07) is -0.157. The van der Waals surface area contributed by atoms with Crippen molar-refractivity contribution >= 4 is 9.04 Å². The van der Waals surface area contributed by atoms with E-state index in [0.29, 0.717) is 5.92 Å². The van der Waals surface area contributed by atoms with Gasteiger partial charge < -0.3 is 15.3 Å². The van der Waals surface area contributed by atoms with Crippen LogP contribution in [0.15, 0.2) is 0 Å². The van der Waals surface area contributed by atoms with Crippen LogP contribution in [0.2, 0.25) is 13.1 Å². The fourth-order valence-electron chi connectivity index (χ4n) is 3.26. The maximum absolute atomic E-state index is 10.7. The highest BCUT2D eigenvalue weighted by Gasteiger charge is 2.36. The van der Waals surface area contributed by atoms with Gasteiger partial charge >= 0.3 is 0 Å². The lowest BCUT2D eigenvalue weighted by Gasteiger charge is -2.39. The lowest BCUT2D eigenvalue weighted by atomic mass is 9.79. The Morgan fingerprint density at radius 3 is 2.20 bits per heavy atom. The highest BCUT2D eigenvalue weighted by atomic mass is 28.3. The fraction of sp³-hybridized carbons (Fsp3) is 1.00. The predicted molar refractivity (Wildman–Crippen MR) is 88.4 cm³/mol. The fourth-order valence-corrected chi connectivity index (χ4v) is 4.42. The molecule has 0 aromatic carbocycles. The Bertz CT molecular complexity index is 272. The Labute approximate surface area is 127 Å². The molecule has 0 aromatic heterocycles. The first-order valence-electron chi connectivity index (χ1n) is 8.31. The van der Waals surface area contributed by atoms with E-state index in [0.717, 1.165) is 6.42 Å². The van der Waals surface area contributed by atoms with Gasteiger partial charge in [0.05, 0.1) is 12.2 Å². The van der Waals surface area contributed by atoms with Crippen LogP contribution in [0, 0.1) is 11.3 Å². The molecular weight excluding hydrogens is 266 g/mol. The first-order valence-corrected chi connectivity index (χ1v) is 11.1. The molecule has 0 amide bonds. The number of aliphatic hydroxyl groups excluding tert-OH is 1. The summed E-state index contributed by atoms with van der Waals surface area (Å²) in [5.41, 5.74) is 6.24. The lowest BCUT2D eigenvalue weighted by Crippen LogP contribution is -2.51. The van der Waals surface area contributed by atoms with Gasteiger partial charge in [-0.05, 0) is 30.8 Å². The van der Waals surface area contributed by atoms with Gasteiger partial charge in [0.25, 0.3) is 0 Å². The Kier molecular flexibility index (Phi) is 7.19. The Balaban J connectivity index is 2.60. The Morgan fingerprint density at radius 2 is 1.75 bits per heavy atom. The van der Waals surface area contributed by atoms with E-state index < -0.39 is 15.1 Å².